The van der Waals surface area contributed by atoms with Gasteiger partial charge in [0.1, 0.15) is 5.75 Å². The van der Waals surface area contributed by atoms with Crippen molar-refractivity contribution < 1.29 is 13.9 Å². The van der Waals surface area contributed by atoms with Crippen LogP contribution in [0, 0.1) is 6.92 Å². The molecule has 1 aliphatic heterocycles. The van der Waals surface area contributed by atoms with E-state index in [1.807, 2.05) is 36.1 Å². The molecule has 152 valence electrons. The molecular weight excluding hydrogens is 406 g/mol. The molecule has 0 bridgehead atoms. The molecule has 0 N–H and O–H groups in total. The molecule has 0 spiro atoms. The number of fused-ring (bicyclic) bond motifs is 1. The zero-order valence-corrected chi connectivity index (χ0v) is 18.1. The predicted octanol–water partition coefficient (Wildman–Crippen LogP) is 4.65. The summed E-state index contributed by atoms with van der Waals surface area (Å²) >= 11 is 3.07. The fourth-order valence-electron chi connectivity index (χ4n) is 3.55. The van der Waals surface area contributed by atoms with Gasteiger partial charge in [-0.05, 0) is 54.5 Å². The molecule has 0 aliphatic carbocycles. The van der Waals surface area contributed by atoms with Crippen molar-refractivity contribution in [3.05, 3.63) is 57.6 Å². The molecule has 1 aromatic carbocycles. The average Bonchev–Trinajstić information content (AvgIpc) is 3.39. The Balaban J connectivity index is 1.31. The van der Waals surface area contributed by atoms with Crippen LogP contribution in [-0.4, -0.2) is 33.3 Å². The van der Waals surface area contributed by atoms with Crippen LogP contribution >= 0.6 is 23.1 Å². The number of aryl methyl sites for hydroxylation is 1. The Morgan fingerprint density at radius 1 is 1.38 bits per heavy atom. The Morgan fingerprint density at radius 3 is 3.10 bits per heavy atom. The number of carbonyl (C=O) groups excluding carboxylic acids is 1. The maximum Gasteiger partial charge on any atom is 0.277 e. The second kappa shape index (κ2) is 9.00. The van der Waals surface area contributed by atoms with Crippen LogP contribution in [0.1, 0.15) is 41.3 Å². The molecule has 1 amide bonds. The lowest BCUT2D eigenvalue weighted by molar-refractivity contribution is -0.131. The molecule has 0 saturated carbocycles. The molecule has 6 nitrogen and oxygen atoms in total. The number of aromatic nitrogens is 2. The van der Waals surface area contributed by atoms with E-state index in [1.165, 1.54) is 22.2 Å². The van der Waals surface area contributed by atoms with E-state index in [1.54, 1.807) is 11.3 Å². The largest absolute Gasteiger partial charge is 0.484 e. The number of amides is 1. The van der Waals surface area contributed by atoms with Crippen LogP contribution in [0.3, 0.4) is 0 Å². The van der Waals surface area contributed by atoms with Crippen molar-refractivity contribution in [2.75, 3.05) is 12.3 Å². The second-order valence-corrected chi connectivity index (χ2v) is 8.84. The molecule has 4 rings (SSSR count). The van der Waals surface area contributed by atoms with Crippen molar-refractivity contribution in [1.29, 1.82) is 0 Å². The minimum atomic E-state index is 0.106. The number of thiophene rings is 1. The molecule has 0 fully saturated rings. The third-order valence-electron chi connectivity index (χ3n) is 4.92. The lowest BCUT2D eigenvalue weighted by Gasteiger charge is -2.35. The summed E-state index contributed by atoms with van der Waals surface area (Å²) in [6.45, 7) is 5.11. The fourth-order valence-corrected chi connectivity index (χ4v) is 5.14. The van der Waals surface area contributed by atoms with Gasteiger partial charge >= 0.3 is 0 Å². The molecule has 8 heteroatoms. The Hall–Kier alpha value is -2.32. The quantitative estimate of drug-likeness (QED) is 0.510. The minimum absolute atomic E-state index is 0.106. The first-order valence-electron chi connectivity index (χ1n) is 9.64. The highest BCUT2D eigenvalue weighted by atomic mass is 32.2. The molecule has 3 heterocycles. The van der Waals surface area contributed by atoms with Crippen LogP contribution in [-0.2, 0) is 17.8 Å². The number of hydrogen-bond acceptors (Lipinski definition) is 7. The number of rotatable bonds is 7. The zero-order valence-electron chi connectivity index (χ0n) is 16.5. The predicted molar refractivity (Wildman–Crippen MR) is 113 cm³/mol. The SMILES string of the molecule is CCC1c2ccsc2CCN1C(=O)CSc1nnc(COc2cccc(C)c2)o1. The Labute approximate surface area is 178 Å². The number of carbonyl (C=O) groups is 1. The molecule has 29 heavy (non-hydrogen) atoms. The van der Waals surface area contributed by atoms with Crippen molar-refractivity contribution in [2.24, 2.45) is 0 Å². The number of benzene rings is 1. The number of nitrogens with zero attached hydrogens (tertiary/aromatic N) is 3. The number of hydrogen-bond donors (Lipinski definition) is 0. The summed E-state index contributed by atoms with van der Waals surface area (Å²) < 4.78 is 11.3. The van der Waals surface area contributed by atoms with Crippen LogP contribution in [0.5, 0.6) is 5.75 Å². The first kappa shape index (κ1) is 20.0. The number of thioether (sulfide) groups is 1. The Bertz CT molecular complexity index is 985. The molecule has 1 aliphatic rings. The lowest BCUT2D eigenvalue weighted by Crippen LogP contribution is -2.40. The lowest BCUT2D eigenvalue weighted by atomic mass is 9.98. The smallest absolute Gasteiger partial charge is 0.277 e. The molecule has 2 aromatic heterocycles. The van der Waals surface area contributed by atoms with Gasteiger partial charge in [0, 0.05) is 11.4 Å². The molecule has 1 unspecified atom stereocenters. The molecule has 3 aromatic rings. The van der Waals surface area contributed by atoms with Gasteiger partial charge in [0.25, 0.3) is 11.1 Å². The summed E-state index contributed by atoms with van der Waals surface area (Å²) in [6.07, 6.45) is 1.85. The maximum atomic E-state index is 12.8. The van der Waals surface area contributed by atoms with Gasteiger partial charge < -0.3 is 14.1 Å². The molecule has 1 atom stereocenters. The maximum absolute atomic E-state index is 12.8. The van der Waals surface area contributed by atoms with Crippen molar-refractivity contribution >= 4 is 29.0 Å². The Morgan fingerprint density at radius 2 is 2.28 bits per heavy atom. The summed E-state index contributed by atoms with van der Waals surface area (Å²) in [5.74, 6) is 1.55. The van der Waals surface area contributed by atoms with Crippen LogP contribution in [0.25, 0.3) is 0 Å². The van der Waals surface area contributed by atoms with E-state index in [0.717, 1.165) is 30.7 Å². The van der Waals surface area contributed by atoms with E-state index < -0.39 is 0 Å². The normalized spacial score (nSPS) is 15.9. The minimum Gasteiger partial charge on any atom is -0.484 e. The second-order valence-electron chi connectivity index (χ2n) is 6.92. The van der Waals surface area contributed by atoms with Gasteiger partial charge in [-0.15, -0.1) is 21.5 Å². The third kappa shape index (κ3) is 4.64. The summed E-state index contributed by atoms with van der Waals surface area (Å²) in [5.41, 5.74) is 2.43. The van der Waals surface area contributed by atoms with Gasteiger partial charge in [0.15, 0.2) is 6.61 Å². The van der Waals surface area contributed by atoms with Crippen molar-refractivity contribution in [2.45, 2.75) is 44.6 Å². The van der Waals surface area contributed by atoms with Gasteiger partial charge in [-0.1, -0.05) is 30.8 Å². The van der Waals surface area contributed by atoms with Gasteiger partial charge in [-0.3, -0.25) is 4.79 Å². The standard InChI is InChI=1S/C21H23N3O3S2/c1-3-17-16-8-10-28-18(16)7-9-24(17)20(25)13-29-21-23-22-19(27-21)12-26-15-6-4-5-14(2)11-15/h4-6,8,10-11,17H,3,7,9,12-13H2,1-2H3. The van der Waals surface area contributed by atoms with Crippen LogP contribution < -0.4 is 4.74 Å². The zero-order chi connectivity index (χ0) is 20.2. The number of ether oxygens (including phenoxy) is 1. The van der Waals surface area contributed by atoms with Crippen molar-refractivity contribution in [1.82, 2.24) is 15.1 Å². The summed E-state index contributed by atoms with van der Waals surface area (Å²) in [6, 6.07) is 10.1. The fraction of sp³-hybridized carbons (Fsp3) is 0.381. The van der Waals surface area contributed by atoms with E-state index in [4.69, 9.17) is 9.15 Å². The van der Waals surface area contributed by atoms with E-state index in [-0.39, 0.29) is 24.3 Å². The Kier molecular flexibility index (Phi) is 6.20. The van der Waals surface area contributed by atoms with Gasteiger partial charge in [0.2, 0.25) is 5.91 Å². The summed E-state index contributed by atoms with van der Waals surface area (Å²) in [7, 11) is 0. The first-order chi connectivity index (χ1) is 14.1. The van der Waals surface area contributed by atoms with Crippen LogP contribution in [0.2, 0.25) is 0 Å². The van der Waals surface area contributed by atoms with Crippen molar-refractivity contribution in [3.8, 4) is 5.75 Å². The molecular formula is C21H23N3O3S2. The van der Waals surface area contributed by atoms with Crippen LogP contribution in [0.4, 0.5) is 0 Å². The summed E-state index contributed by atoms with van der Waals surface area (Å²) in [5, 5.41) is 10.6. The van der Waals surface area contributed by atoms with Gasteiger partial charge in [0.05, 0.1) is 11.8 Å². The monoisotopic (exact) mass is 429 g/mol. The summed E-state index contributed by atoms with van der Waals surface area (Å²) in [4.78, 5) is 16.2. The van der Waals surface area contributed by atoms with Crippen LogP contribution in [0.15, 0.2) is 45.4 Å². The topological polar surface area (TPSA) is 68.5 Å². The van der Waals surface area contributed by atoms with E-state index in [9.17, 15) is 4.79 Å². The third-order valence-corrected chi connectivity index (χ3v) is 6.72. The highest BCUT2D eigenvalue weighted by Gasteiger charge is 2.30. The molecule has 0 radical (unpaired) electrons. The highest BCUT2D eigenvalue weighted by molar-refractivity contribution is 7.99. The molecule has 0 saturated heterocycles. The highest BCUT2D eigenvalue weighted by Crippen LogP contribution is 2.35. The van der Waals surface area contributed by atoms with Gasteiger partial charge in [-0.25, -0.2) is 0 Å². The van der Waals surface area contributed by atoms with Crippen molar-refractivity contribution in [3.63, 3.8) is 0 Å². The first-order valence-corrected chi connectivity index (χ1v) is 11.5. The van der Waals surface area contributed by atoms with E-state index >= 15 is 0 Å². The van der Waals surface area contributed by atoms with E-state index in [2.05, 4.69) is 28.6 Å². The average molecular weight is 430 g/mol. The van der Waals surface area contributed by atoms with Gasteiger partial charge in [-0.2, -0.15) is 0 Å². The van der Waals surface area contributed by atoms with E-state index in [0.29, 0.717) is 11.1 Å².